The molecule has 0 atom stereocenters. The highest BCUT2D eigenvalue weighted by atomic mass is 127. The van der Waals surface area contributed by atoms with Crippen molar-refractivity contribution in [3.8, 4) is 0 Å². The Morgan fingerprint density at radius 1 is 1.04 bits per heavy atom. The highest BCUT2D eigenvalue weighted by Crippen LogP contribution is 2.09. The van der Waals surface area contributed by atoms with Gasteiger partial charge in [0, 0.05) is 26.7 Å². The van der Waals surface area contributed by atoms with E-state index < -0.39 is 10.0 Å². The Kier molecular flexibility index (Phi) is 13.1. The summed E-state index contributed by atoms with van der Waals surface area (Å²) < 4.78 is 24.3. The minimum Gasteiger partial charge on any atom is -0.356 e. The van der Waals surface area contributed by atoms with Crippen LogP contribution >= 0.6 is 24.0 Å². The Hall–Kier alpha value is -0.130. The molecule has 1 heterocycles. The van der Waals surface area contributed by atoms with Crippen molar-refractivity contribution in [2.45, 2.75) is 32.1 Å². The third-order valence-corrected chi connectivity index (χ3v) is 4.38. The van der Waals surface area contributed by atoms with Crippen LogP contribution in [0.5, 0.6) is 0 Å². The average molecular weight is 461 g/mol. The second-order valence-electron chi connectivity index (χ2n) is 5.70. The molecular formula is C14H32IN5O2S. The normalized spacial score (nSPS) is 17.2. The maximum Gasteiger partial charge on any atom is 0.208 e. The zero-order valence-electron chi connectivity index (χ0n) is 14.3. The van der Waals surface area contributed by atoms with Crippen LogP contribution < -0.4 is 15.4 Å². The summed E-state index contributed by atoms with van der Waals surface area (Å²) >= 11 is 0. The number of likely N-dealkylation sites (tertiary alicyclic amines) is 1. The molecule has 0 amide bonds. The number of nitrogens with zero attached hydrogens (tertiary/aromatic N) is 2. The van der Waals surface area contributed by atoms with Crippen molar-refractivity contribution >= 4 is 40.0 Å². The average Bonchev–Trinajstić information content (AvgIpc) is 2.73. The number of rotatable bonds is 8. The van der Waals surface area contributed by atoms with Gasteiger partial charge in [0.15, 0.2) is 5.96 Å². The maximum atomic E-state index is 10.9. The van der Waals surface area contributed by atoms with Crippen LogP contribution in [0.15, 0.2) is 4.99 Å². The topological polar surface area (TPSA) is 85.8 Å². The summed E-state index contributed by atoms with van der Waals surface area (Å²) in [4.78, 5) is 6.67. The van der Waals surface area contributed by atoms with Crippen LogP contribution in [0.4, 0.5) is 0 Å². The molecule has 23 heavy (non-hydrogen) atoms. The smallest absolute Gasteiger partial charge is 0.208 e. The van der Waals surface area contributed by atoms with Crippen molar-refractivity contribution in [1.82, 2.24) is 20.3 Å². The molecule has 1 aliphatic heterocycles. The Bertz CT molecular complexity index is 423. The van der Waals surface area contributed by atoms with Gasteiger partial charge < -0.3 is 15.5 Å². The van der Waals surface area contributed by atoms with Gasteiger partial charge in [-0.2, -0.15) is 0 Å². The van der Waals surface area contributed by atoms with E-state index in [0.717, 1.165) is 25.8 Å². The van der Waals surface area contributed by atoms with Gasteiger partial charge in [-0.25, -0.2) is 13.1 Å². The molecule has 0 aromatic carbocycles. The summed E-state index contributed by atoms with van der Waals surface area (Å²) in [5.41, 5.74) is 0. The fraction of sp³-hybridized carbons (Fsp3) is 0.929. The summed E-state index contributed by atoms with van der Waals surface area (Å²) in [5, 5.41) is 6.35. The first-order valence-electron chi connectivity index (χ1n) is 8.13. The Morgan fingerprint density at radius 2 is 1.65 bits per heavy atom. The van der Waals surface area contributed by atoms with Gasteiger partial charge in [-0.05, 0) is 38.9 Å². The van der Waals surface area contributed by atoms with E-state index in [0.29, 0.717) is 19.0 Å². The first-order valence-corrected chi connectivity index (χ1v) is 10.0. The predicted octanol–water partition coefficient (Wildman–Crippen LogP) is 0.585. The molecule has 0 unspecified atom stereocenters. The highest BCUT2D eigenvalue weighted by molar-refractivity contribution is 14.0. The molecule has 1 saturated heterocycles. The molecule has 7 nitrogen and oxygen atoms in total. The van der Waals surface area contributed by atoms with Crippen molar-refractivity contribution in [3.05, 3.63) is 0 Å². The predicted molar refractivity (Wildman–Crippen MR) is 107 cm³/mol. The molecule has 0 bridgehead atoms. The summed E-state index contributed by atoms with van der Waals surface area (Å²) in [6.45, 7) is 5.32. The zero-order chi connectivity index (χ0) is 16.3. The van der Waals surface area contributed by atoms with Crippen molar-refractivity contribution in [3.63, 3.8) is 0 Å². The van der Waals surface area contributed by atoms with Crippen LogP contribution in [0.2, 0.25) is 0 Å². The van der Waals surface area contributed by atoms with E-state index in [9.17, 15) is 8.42 Å². The van der Waals surface area contributed by atoms with Gasteiger partial charge in [0.1, 0.15) is 0 Å². The molecule has 9 heteroatoms. The molecule has 0 aromatic heterocycles. The van der Waals surface area contributed by atoms with Gasteiger partial charge in [-0.15, -0.1) is 24.0 Å². The molecule has 1 aliphatic rings. The number of hydrogen-bond donors (Lipinski definition) is 3. The van der Waals surface area contributed by atoms with Crippen LogP contribution in [0.3, 0.4) is 0 Å². The zero-order valence-corrected chi connectivity index (χ0v) is 17.5. The van der Waals surface area contributed by atoms with Crippen molar-refractivity contribution < 1.29 is 8.42 Å². The van der Waals surface area contributed by atoms with E-state index in [-0.39, 0.29) is 24.0 Å². The molecule has 0 aliphatic carbocycles. The standard InChI is InChI=1S/C14H31N5O2S.HI/c1-15-14(17-9-10-18-22(2,20)21)16-8-7-13-19-11-5-3-4-6-12-19;/h18H,3-13H2,1-2H3,(H2,15,16,17);1H. The van der Waals surface area contributed by atoms with Crippen LogP contribution in [-0.2, 0) is 10.0 Å². The second-order valence-corrected chi connectivity index (χ2v) is 7.53. The Morgan fingerprint density at radius 3 is 2.22 bits per heavy atom. The molecule has 1 fully saturated rings. The number of guanidine groups is 1. The lowest BCUT2D eigenvalue weighted by Gasteiger charge is -2.20. The Balaban J connectivity index is 0.00000484. The summed E-state index contributed by atoms with van der Waals surface area (Å²) in [6.07, 6.45) is 7.62. The largest absolute Gasteiger partial charge is 0.356 e. The number of sulfonamides is 1. The fourth-order valence-electron chi connectivity index (χ4n) is 2.51. The van der Waals surface area contributed by atoms with Gasteiger partial charge in [0.25, 0.3) is 0 Å². The van der Waals surface area contributed by atoms with Crippen molar-refractivity contribution in [2.75, 3.05) is 52.6 Å². The molecule has 1 rings (SSSR count). The van der Waals surface area contributed by atoms with E-state index in [4.69, 9.17) is 0 Å². The quantitative estimate of drug-likeness (QED) is 0.213. The number of aliphatic imine (C=N–C) groups is 1. The molecule has 0 aromatic rings. The van der Waals surface area contributed by atoms with Crippen molar-refractivity contribution in [1.29, 1.82) is 0 Å². The first-order chi connectivity index (χ1) is 10.5. The number of hydrogen-bond acceptors (Lipinski definition) is 4. The summed E-state index contributed by atoms with van der Waals surface area (Å²) in [7, 11) is -1.40. The highest BCUT2D eigenvalue weighted by Gasteiger charge is 2.08. The lowest BCUT2D eigenvalue weighted by Crippen LogP contribution is -2.42. The van der Waals surface area contributed by atoms with Gasteiger partial charge in [-0.3, -0.25) is 4.99 Å². The van der Waals surface area contributed by atoms with Gasteiger partial charge in [0.2, 0.25) is 10.0 Å². The minimum absolute atomic E-state index is 0. The van der Waals surface area contributed by atoms with E-state index in [1.54, 1.807) is 7.05 Å². The van der Waals surface area contributed by atoms with Gasteiger partial charge in [-0.1, -0.05) is 12.8 Å². The maximum absolute atomic E-state index is 10.9. The first kappa shape index (κ1) is 22.9. The monoisotopic (exact) mass is 461 g/mol. The lowest BCUT2D eigenvalue weighted by atomic mass is 10.2. The van der Waals surface area contributed by atoms with E-state index in [1.165, 1.54) is 38.8 Å². The van der Waals surface area contributed by atoms with Crippen LogP contribution in [0.1, 0.15) is 32.1 Å². The third kappa shape index (κ3) is 12.9. The minimum atomic E-state index is -3.12. The lowest BCUT2D eigenvalue weighted by molar-refractivity contribution is 0.282. The molecule has 0 saturated carbocycles. The van der Waals surface area contributed by atoms with E-state index in [2.05, 4.69) is 25.2 Å². The van der Waals surface area contributed by atoms with Crippen molar-refractivity contribution in [2.24, 2.45) is 4.99 Å². The second kappa shape index (κ2) is 13.2. The molecule has 3 N–H and O–H groups in total. The van der Waals surface area contributed by atoms with E-state index >= 15 is 0 Å². The van der Waals surface area contributed by atoms with Gasteiger partial charge in [0.05, 0.1) is 6.26 Å². The number of nitrogens with one attached hydrogen (secondary N) is 3. The summed E-state index contributed by atoms with van der Waals surface area (Å²) in [5.74, 6) is 0.714. The third-order valence-electron chi connectivity index (χ3n) is 3.65. The van der Waals surface area contributed by atoms with Crippen LogP contribution in [0.25, 0.3) is 0 Å². The van der Waals surface area contributed by atoms with Crippen LogP contribution in [0, 0.1) is 0 Å². The molecule has 0 spiro atoms. The van der Waals surface area contributed by atoms with E-state index in [1.807, 2.05) is 0 Å². The number of halogens is 1. The summed E-state index contributed by atoms with van der Waals surface area (Å²) in [6, 6.07) is 0. The van der Waals surface area contributed by atoms with Crippen LogP contribution in [-0.4, -0.2) is 71.8 Å². The Labute approximate surface area is 158 Å². The molecule has 138 valence electrons. The van der Waals surface area contributed by atoms with Gasteiger partial charge >= 0.3 is 0 Å². The fourth-order valence-corrected chi connectivity index (χ4v) is 2.98. The molecular weight excluding hydrogens is 429 g/mol. The molecule has 0 radical (unpaired) electrons. The SMILES string of the molecule is CN=C(NCCCN1CCCCCC1)NCCNS(C)(=O)=O.I.